The minimum atomic E-state index is 0.0262. The molecule has 1 aliphatic carbocycles. The Labute approximate surface area is 168 Å². The number of ketones is 1. The zero-order valence-electron chi connectivity index (χ0n) is 17.4. The molecule has 1 saturated carbocycles. The van der Waals surface area contributed by atoms with Crippen LogP contribution in [0.2, 0.25) is 0 Å². The third kappa shape index (κ3) is 6.11. The van der Waals surface area contributed by atoms with Gasteiger partial charge in [-0.05, 0) is 57.2 Å². The van der Waals surface area contributed by atoms with Crippen molar-refractivity contribution in [2.75, 3.05) is 19.8 Å². The van der Waals surface area contributed by atoms with Gasteiger partial charge in [0.15, 0.2) is 17.3 Å². The maximum absolute atomic E-state index is 12.3. The quantitative estimate of drug-likeness (QED) is 0.441. The van der Waals surface area contributed by atoms with Gasteiger partial charge >= 0.3 is 0 Å². The Bertz CT molecular complexity index is 721. The van der Waals surface area contributed by atoms with E-state index >= 15 is 0 Å². The number of benzene rings is 1. The number of ether oxygens (including phenoxy) is 2. The number of hydrogen-bond donors (Lipinski definition) is 1. The van der Waals surface area contributed by atoms with Gasteiger partial charge in [0.25, 0.3) is 0 Å². The van der Waals surface area contributed by atoms with Crippen molar-refractivity contribution < 1.29 is 19.4 Å². The van der Waals surface area contributed by atoms with E-state index in [4.69, 9.17) is 9.47 Å². The van der Waals surface area contributed by atoms with E-state index in [1.807, 2.05) is 32.0 Å². The van der Waals surface area contributed by atoms with Crippen molar-refractivity contribution in [3.05, 3.63) is 35.1 Å². The molecular formula is C23H33NO4. The van der Waals surface area contributed by atoms with Crippen LogP contribution >= 0.6 is 0 Å². The van der Waals surface area contributed by atoms with Crippen LogP contribution in [0.5, 0.6) is 11.5 Å². The van der Waals surface area contributed by atoms with Gasteiger partial charge in [-0.3, -0.25) is 9.79 Å². The van der Waals surface area contributed by atoms with Gasteiger partial charge in [-0.15, -0.1) is 0 Å². The molecule has 5 nitrogen and oxygen atoms in total. The first-order chi connectivity index (χ1) is 13.6. The van der Waals surface area contributed by atoms with Gasteiger partial charge in [0.2, 0.25) is 0 Å². The number of nitrogens with zero attached hydrogens (tertiary/aromatic N) is 1. The van der Waals surface area contributed by atoms with E-state index in [1.54, 1.807) is 0 Å². The van der Waals surface area contributed by atoms with Crippen LogP contribution in [-0.2, 0) is 11.2 Å². The minimum Gasteiger partial charge on any atom is -0.511 e. The second kappa shape index (κ2) is 11.5. The molecule has 1 aromatic rings. The van der Waals surface area contributed by atoms with Crippen molar-refractivity contribution in [2.24, 2.45) is 4.99 Å². The Morgan fingerprint density at radius 1 is 1.11 bits per heavy atom. The molecule has 1 fully saturated rings. The summed E-state index contributed by atoms with van der Waals surface area (Å²) >= 11 is 0. The van der Waals surface area contributed by atoms with Crippen molar-refractivity contribution in [2.45, 2.75) is 65.7 Å². The fraction of sp³-hybridized carbons (Fsp3) is 0.565. The van der Waals surface area contributed by atoms with Gasteiger partial charge in [-0.25, -0.2) is 0 Å². The molecule has 0 radical (unpaired) electrons. The highest BCUT2D eigenvalue weighted by molar-refractivity contribution is 6.24. The van der Waals surface area contributed by atoms with Crippen LogP contribution in [0.25, 0.3) is 0 Å². The van der Waals surface area contributed by atoms with E-state index in [0.29, 0.717) is 38.2 Å². The lowest BCUT2D eigenvalue weighted by Crippen LogP contribution is -2.22. The fourth-order valence-electron chi connectivity index (χ4n) is 3.35. The molecular weight excluding hydrogens is 354 g/mol. The Morgan fingerprint density at radius 2 is 1.86 bits per heavy atom. The van der Waals surface area contributed by atoms with E-state index in [1.165, 1.54) is 0 Å². The van der Waals surface area contributed by atoms with E-state index in [-0.39, 0.29) is 11.5 Å². The van der Waals surface area contributed by atoms with Crippen LogP contribution in [0.3, 0.4) is 0 Å². The van der Waals surface area contributed by atoms with Crippen LogP contribution in [0.1, 0.15) is 64.9 Å². The van der Waals surface area contributed by atoms with Crippen molar-refractivity contribution in [3.63, 3.8) is 0 Å². The number of aliphatic imine (C=N–C) groups is 1. The number of rotatable bonds is 10. The largest absolute Gasteiger partial charge is 0.511 e. The number of hydrogen-bond acceptors (Lipinski definition) is 5. The van der Waals surface area contributed by atoms with Gasteiger partial charge in [-0.1, -0.05) is 19.4 Å². The van der Waals surface area contributed by atoms with E-state index < -0.39 is 0 Å². The molecule has 1 aliphatic rings. The van der Waals surface area contributed by atoms with Crippen LogP contribution in [-0.4, -0.2) is 36.4 Å². The molecule has 0 unspecified atom stereocenters. The summed E-state index contributed by atoms with van der Waals surface area (Å²) in [5.41, 5.74) is 2.35. The molecule has 0 saturated heterocycles. The van der Waals surface area contributed by atoms with Gasteiger partial charge in [0, 0.05) is 25.1 Å². The smallest absolute Gasteiger partial charge is 0.168 e. The van der Waals surface area contributed by atoms with E-state index in [9.17, 15) is 9.90 Å². The predicted molar refractivity (Wildman–Crippen MR) is 113 cm³/mol. The normalized spacial score (nSPS) is 17.7. The maximum Gasteiger partial charge on any atom is 0.168 e. The Morgan fingerprint density at radius 3 is 2.57 bits per heavy atom. The number of unbranched alkanes of at least 4 members (excludes halogenated alkanes) is 1. The molecule has 0 atom stereocenters. The number of carbonyl (C=O) groups is 1. The van der Waals surface area contributed by atoms with Crippen molar-refractivity contribution >= 4 is 11.5 Å². The average Bonchev–Trinajstić information content (AvgIpc) is 2.68. The number of aliphatic hydroxyl groups is 1. The third-order valence-corrected chi connectivity index (χ3v) is 4.75. The summed E-state index contributed by atoms with van der Waals surface area (Å²) in [6, 6.07) is 5.95. The number of allylic oxidation sites excluding steroid dienone is 2. The number of carbonyl (C=O) groups excluding carboxylic acids is 1. The minimum absolute atomic E-state index is 0.0262. The highest BCUT2D eigenvalue weighted by Gasteiger charge is 2.24. The fourth-order valence-corrected chi connectivity index (χ4v) is 3.35. The van der Waals surface area contributed by atoms with Crippen molar-refractivity contribution in [1.82, 2.24) is 0 Å². The van der Waals surface area contributed by atoms with Crippen LogP contribution in [0, 0.1) is 0 Å². The molecule has 154 valence electrons. The zero-order chi connectivity index (χ0) is 20.4. The van der Waals surface area contributed by atoms with E-state index in [0.717, 1.165) is 54.9 Å². The van der Waals surface area contributed by atoms with Gasteiger partial charge < -0.3 is 14.6 Å². The summed E-state index contributed by atoms with van der Waals surface area (Å²) in [4.78, 5) is 17.0. The lowest BCUT2D eigenvalue weighted by atomic mass is 9.89. The van der Waals surface area contributed by atoms with Gasteiger partial charge in [-0.2, -0.15) is 0 Å². The standard InChI is InChI=1S/C23H33NO4/c1-4-7-10-19(25)23-18(9-8-11-20(23)26)24-15-14-17-12-13-21(27-5-2)22(16-17)28-6-3/h12-13,16,25H,4-11,14-15H2,1-3H3. The summed E-state index contributed by atoms with van der Waals surface area (Å²) < 4.78 is 11.3. The van der Waals surface area contributed by atoms with Crippen LogP contribution < -0.4 is 9.47 Å². The second-order valence-electron chi connectivity index (χ2n) is 6.93. The molecule has 0 aromatic heterocycles. The molecule has 2 rings (SSSR count). The lowest BCUT2D eigenvalue weighted by Gasteiger charge is -2.18. The molecule has 1 aromatic carbocycles. The molecule has 0 amide bonds. The molecule has 0 bridgehead atoms. The molecule has 1 N–H and O–H groups in total. The monoisotopic (exact) mass is 387 g/mol. The molecule has 0 spiro atoms. The summed E-state index contributed by atoms with van der Waals surface area (Å²) in [6.45, 7) is 7.73. The average molecular weight is 388 g/mol. The van der Waals surface area contributed by atoms with Crippen LogP contribution in [0.15, 0.2) is 34.5 Å². The highest BCUT2D eigenvalue weighted by atomic mass is 16.5. The van der Waals surface area contributed by atoms with Crippen molar-refractivity contribution in [1.29, 1.82) is 0 Å². The van der Waals surface area contributed by atoms with Gasteiger partial charge in [0.1, 0.15) is 5.76 Å². The van der Waals surface area contributed by atoms with Gasteiger partial charge in [0.05, 0.1) is 18.8 Å². The summed E-state index contributed by atoms with van der Waals surface area (Å²) in [7, 11) is 0. The summed E-state index contributed by atoms with van der Waals surface area (Å²) in [6.07, 6.45) is 5.21. The molecule has 5 heteroatoms. The lowest BCUT2D eigenvalue weighted by molar-refractivity contribution is -0.115. The molecule has 0 heterocycles. The second-order valence-corrected chi connectivity index (χ2v) is 6.93. The first kappa shape index (κ1) is 22.0. The third-order valence-electron chi connectivity index (χ3n) is 4.75. The van der Waals surface area contributed by atoms with E-state index in [2.05, 4.69) is 11.9 Å². The Hall–Kier alpha value is -2.30. The first-order valence-corrected chi connectivity index (χ1v) is 10.5. The summed E-state index contributed by atoms with van der Waals surface area (Å²) in [5, 5.41) is 10.4. The number of Topliss-reactive ketones (excluding diaryl/α,β-unsaturated/α-hetero) is 1. The molecule has 0 aliphatic heterocycles. The van der Waals surface area contributed by atoms with Crippen LogP contribution in [0.4, 0.5) is 0 Å². The SMILES string of the molecule is CCCCC(O)=C1C(=O)CCCC1=NCCc1ccc(OCC)c(OCC)c1. The van der Waals surface area contributed by atoms with Crippen molar-refractivity contribution in [3.8, 4) is 11.5 Å². The summed E-state index contributed by atoms with van der Waals surface area (Å²) in [5.74, 6) is 1.74. The highest BCUT2D eigenvalue weighted by Crippen LogP contribution is 2.29. The first-order valence-electron chi connectivity index (χ1n) is 10.5. The molecule has 28 heavy (non-hydrogen) atoms. The topological polar surface area (TPSA) is 68.1 Å². The predicted octanol–water partition coefficient (Wildman–Crippen LogP) is 5.22. The Balaban J connectivity index is 2.11. The zero-order valence-corrected chi connectivity index (χ0v) is 17.4. The Kier molecular flexibility index (Phi) is 9.05. The maximum atomic E-state index is 12.3. The number of aliphatic hydroxyl groups excluding tert-OH is 1.